The average molecular weight is 468 g/mol. The summed E-state index contributed by atoms with van der Waals surface area (Å²) < 4.78 is 43.8. The Bertz CT molecular complexity index is 1060. The number of thiophene rings is 1. The number of carbonyl (C=O) groups is 1. The third kappa shape index (κ3) is 6.57. The molecule has 9 heteroatoms. The molecule has 0 aliphatic rings. The van der Waals surface area contributed by atoms with Crippen LogP contribution in [0.25, 0.3) is 0 Å². The van der Waals surface area contributed by atoms with Crippen molar-refractivity contribution in [2.24, 2.45) is 5.16 Å². The Balaban J connectivity index is 1.50. The number of halogens is 4. The first-order chi connectivity index (χ1) is 14.7. The van der Waals surface area contributed by atoms with E-state index in [0.717, 1.165) is 17.7 Å². The molecule has 0 radical (unpaired) electrons. The largest absolute Gasteiger partial charge is 0.485 e. The maximum atomic E-state index is 12.6. The SMILES string of the molecule is C/C(=N\OCc1ccc(C(F)(F)F)cc1)c1ccc(OCC(=O)c2ccc(Cl)s2)cc1. The molecule has 0 N–H and O–H groups in total. The minimum Gasteiger partial charge on any atom is -0.485 e. The first kappa shape index (κ1) is 22.8. The topological polar surface area (TPSA) is 47.9 Å². The lowest BCUT2D eigenvalue weighted by molar-refractivity contribution is -0.137. The van der Waals surface area contributed by atoms with Crippen molar-refractivity contribution in [3.63, 3.8) is 0 Å². The fourth-order valence-electron chi connectivity index (χ4n) is 2.52. The van der Waals surface area contributed by atoms with E-state index in [1.807, 2.05) is 0 Å². The molecule has 3 aromatic rings. The number of rotatable bonds is 8. The Morgan fingerprint density at radius 2 is 1.71 bits per heavy atom. The molecule has 0 aliphatic heterocycles. The number of carbonyl (C=O) groups excluding carboxylic acids is 1. The number of ketones is 1. The van der Waals surface area contributed by atoms with E-state index >= 15 is 0 Å². The van der Waals surface area contributed by atoms with E-state index in [1.165, 1.54) is 23.5 Å². The van der Waals surface area contributed by atoms with Crippen LogP contribution in [-0.4, -0.2) is 18.1 Å². The zero-order valence-electron chi connectivity index (χ0n) is 16.3. The molecule has 31 heavy (non-hydrogen) atoms. The van der Waals surface area contributed by atoms with E-state index < -0.39 is 11.7 Å². The second-order valence-corrected chi connectivity index (χ2v) is 8.20. The molecular weight excluding hydrogens is 451 g/mol. The Hall–Kier alpha value is -2.84. The van der Waals surface area contributed by atoms with Crippen molar-refractivity contribution in [1.82, 2.24) is 0 Å². The summed E-state index contributed by atoms with van der Waals surface area (Å²) >= 11 is 7.03. The molecule has 0 unspecified atom stereocenters. The van der Waals surface area contributed by atoms with E-state index in [-0.39, 0.29) is 19.0 Å². The van der Waals surface area contributed by atoms with Crippen LogP contribution in [0.1, 0.15) is 33.3 Å². The lowest BCUT2D eigenvalue weighted by atomic mass is 10.1. The van der Waals surface area contributed by atoms with E-state index in [9.17, 15) is 18.0 Å². The van der Waals surface area contributed by atoms with Crippen LogP contribution in [-0.2, 0) is 17.6 Å². The highest BCUT2D eigenvalue weighted by atomic mass is 35.5. The van der Waals surface area contributed by atoms with Crippen LogP contribution in [0.2, 0.25) is 4.34 Å². The summed E-state index contributed by atoms with van der Waals surface area (Å²) in [6.07, 6.45) is -4.37. The third-order valence-electron chi connectivity index (χ3n) is 4.20. The van der Waals surface area contributed by atoms with E-state index in [4.69, 9.17) is 21.2 Å². The van der Waals surface area contributed by atoms with Gasteiger partial charge in [-0.15, -0.1) is 11.3 Å². The lowest BCUT2D eigenvalue weighted by Gasteiger charge is -2.08. The van der Waals surface area contributed by atoms with Crippen LogP contribution in [0.4, 0.5) is 13.2 Å². The number of ether oxygens (including phenoxy) is 1. The van der Waals surface area contributed by atoms with Crippen molar-refractivity contribution in [2.75, 3.05) is 6.61 Å². The van der Waals surface area contributed by atoms with Gasteiger partial charge in [0, 0.05) is 0 Å². The van der Waals surface area contributed by atoms with Crippen molar-refractivity contribution in [2.45, 2.75) is 19.7 Å². The Morgan fingerprint density at radius 3 is 2.29 bits per heavy atom. The molecule has 0 spiro atoms. The predicted octanol–water partition coefficient (Wildman–Crippen LogP) is 6.62. The van der Waals surface area contributed by atoms with Gasteiger partial charge in [-0.1, -0.05) is 28.9 Å². The molecular formula is C22H17ClF3NO3S. The van der Waals surface area contributed by atoms with Gasteiger partial charge in [0.1, 0.15) is 12.4 Å². The highest BCUT2D eigenvalue weighted by molar-refractivity contribution is 7.18. The molecule has 0 amide bonds. The smallest absolute Gasteiger partial charge is 0.416 e. The molecule has 0 bridgehead atoms. The van der Waals surface area contributed by atoms with Gasteiger partial charge in [0.15, 0.2) is 6.61 Å². The van der Waals surface area contributed by atoms with Crippen LogP contribution < -0.4 is 4.74 Å². The normalized spacial score (nSPS) is 12.0. The number of Topliss-reactive ketones (excluding diaryl/α,β-unsaturated/α-hetero) is 1. The maximum Gasteiger partial charge on any atom is 0.416 e. The molecule has 0 saturated carbocycles. The summed E-state index contributed by atoms with van der Waals surface area (Å²) in [7, 11) is 0. The first-order valence-electron chi connectivity index (χ1n) is 9.07. The molecule has 1 aromatic heterocycles. The zero-order valence-corrected chi connectivity index (χ0v) is 17.9. The van der Waals surface area contributed by atoms with Crippen LogP contribution in [0.15, 0.2) is 65.8 Å². The molecule has 0 atom stereocenters. The monoisotopic (exact) mass is 467 g/mol. The summed E-state index contributed by atoms with van der Waals surface area (Å²) in [6, 6.07) is 15.0. The van der Waals surface area contributed by atoms with Gasteiger partial charge >= 0.3 is 6.18 Å². The molecule has 162 valence electrons. The summed E-state index contributed by atoms with van der Waals surface area (Å²) in [5.74, 6) is 0.369. The van der Waals surface area contributed by atoms with Gasteiger partial charge in [0.05, 0.1) is 20.5 Å². The summed E-state index contributed by atoms with van der Waals surface area (Å²) in [5, 5.41) is 4.00. The summed E-state index contributed by atoms with van der Waals surface area (Å²) in [5.41, 5.74) is 1.23. The highest BCUT2D eigenvalue weighted by Gasteiger charge is 2.29. The summed E-state index contributed by atoms with van der Waals surface area (Å²) in [6.45, 7) is 1.69. The molecule has 1 heterocycles. The molecule has 0 aliphatic carbocycles. The number of oxime groups is 1. The minimum absolute atomic E-state index is 0.0471. The van der Waals surface area contributed by atoms with Crippen LogP contribution in [0, 0.1) is 0 Å². The van der Waals surface area contributed by atoms with E-state index in [1.54, 1.807) is 43.3 Å². The van der Waals surface area contributed by atoms with Crippen molar-refractivity contribution in [1.29, 1.82) is 0 Å². The molecule has 4 nitrogen and oxygen atoms in total. The van der Waals surface area contributed by atoms with Crippen molar-refractivity contribution in [3.05, 3.63) is 86.6 Å². The van der Waals surface area contributed by atoms with E-state index in [0.29, 0.717) is 26.2 Å². The van der Waals surface area contributed by atoms with Gasteiger partial charge in [-0.25, -0.2) is 0 Å². The number of alkyl halides is 3. The van der Waals surface area contributed by atoms with Crippen molar-refractivity contribution in [3.8, 4) is 5.75 Å². The van der Waals surface area contributed by atoms with Crippen molar-refractivity contribution < 1.29 is 27.5 Å². The van der Waals surface area contributed by atoms with E-state index in [2.05, 4.69) is 5.16 Å². The fourth-order valence-corrected chi connectivity index (χ4v) is 3.49. The number of nitrogens with zero attached hydrogens (tertiary/aromatic N) is 1. The average Bonchev–Trinajstić information content (AvgIpc) is 3.18. The zero-order chi connectivity index (χ0) is 22.4. The highest BCUT2D eigenvalue weighted by Crippen LogP contribution is 2.29. The third-order valence-corrected chi connectivity index (χ3v) is 5.48. The second kappa shape index (κ2) is 9.98. The van der Waals surface area contributed by atoms with Crippen LogP contribution in [0.3, 0.4) is 0 Å². The van der Waals surface area contributed by atoms with Gasteiger partial charge in [-0.3, -0.25) is 4.79 Å². The fraction of sp³-hybridized carbons (Fsp3) is 0.182. The van der Waals surface area contributed by atoms with Crippen molar-refractivity contribution >= 4 is 34.4 Å². The molecule has 0 saturated heterocycles. The Kier molecular flexibility index (Phi) is 7.35. The lowest BCUT2D eigenvalue weighted by Crippen LogP contribution is -2.10. The molecule has 2 aromatic carbocycles. The van der Waals surface area contributed by atoms with Crippen LogP contribution in [0.5, 0.6) is 5.75 Å². The quantitative estimate of drug-likeness (QED) is 0.212. The Morgan fingerprint density at radius 1 is 1.03 bits per heavy atom. The molecule has 3 rings (SSSR count). The standard InChI is InChI=1S/C22H17ClF3NO3S/c1-14(27-30-12-15-2-6-17(7-3-15)22(24,25)26)16-4-8-18(9-5-16)29-13-19(28)20-10-11-21(23)31-20/h2-11H,12-13H2,1H3/b27-14+. The van der Waals surface area contributed by atoms with Gasteiger partial charge in [-0.2, -0.15) is 13.2 Å². The second-order valence-electron chi connectivity index (χ2n) is 6.48. The number of hydrogen-bond acceptors (Lipinski definition) is 5. The number of benzene rings is 2. The van der Waals surface area contributed by atoms with Gasteiger partial charge in [0.2, 0.25) is 5.78 Å². The minimum atomic E-state index is -4.37. The van der Waals surface area contributed by atoms with Crippen LogP contribution >= 0.6 is 22.9 Å². The predicted molar refractivity (Wildman–Crippen MR) is 114 cm³/mol. The maximum absolute atomic E-state index is 12.6. The first-order valence-corrected chi connectivity index (χ1v) is 10.3. The summed E-state index contributed by atoms with van der Waals surface area (Å²) in [4.78, 5) is 17.8. The van der Waals surface area contributed by atoms with Gasteiger partial charge < -0.3 is 9.57 Å². The van der Waals surface area contributed by atoms with Gasteiger partial charge in [0.25, 0.3) is 0 Å². The molecule has 0 fully saturated rings. The van der Waals surface area contributed by atoms with Gasteiger partial charge in [-0.05, 0) is 66.6 Å². The Labute approximate surface area is 185 Å². The number of hydrogen-bond donors (Lipinski definition) is 0.